The predicted octanol–water partition coefficient (Wildman–Crippen LogP) is 1.52. The van der Waals surface area contributed by atoms with Crippen molar-refractivity contribution in [1.29, 1.82) is 0 Å². The molecule has 2 unspecified atom stereocenters. The van der Waals surface area contributed by atoms with E-state index in [1.807, 2.05) is 23.6 Å². The lowest BCUT2D eigenvalue weighted by Crippen LogP contribution is -2.48. The Kier molecular flexibility index (Phi) is 6.22. The van der Waals surface area contributed by atoms with E-state index in [1.165, 1.54) is 6.42 Å². The van der Waals surface area contributed by atoms with E-state index in [1.54, 1.807) is 0 Å². The van der Waals surface area contributed by atoms with Crippen molar-refractivity contribution in [3.05, 3.63) is 0 Å². The number of amides is 2. The van der Waals surface area contributed by atoms with Crippen LogP contribution in [0.3, 0.4) is 0 Å². The summed E-state index contributed by atoms with van der Waals surface area (Å²) in [5.74, 6) is 0.308. The molecule has 2 saturated heterocycles. The molecule has 2 rings (SSSR count). The number of likely N-dealkylation sites (tertiary alicyclic amines) is 1. The average molecular weight is 328 g/mol. The fraction of sp³-hybridized carbons (Fsp3) is 0.875. The van der Waals surface area contributed by atoms with Crippen molar-refractivity contribution < 1.29 is 14.3 Å². The van der Waals surface area contributed by atoms with Gasteiger partial charge in [-0.3, -0.25) is 9.59 Å². The maximum absolute atomic E-state index is 12.7. The van der Waals surface area contributed by atoms with Crippen molar-refractivity contribution in [2.75, 3.05) is 39.4 Å². The van der Waals surface area contributed by atoms with E-state index in [4.69, 9.17) is 4.74 Å². The summed E-state index contributed by atoms with van der Waals surface area (Å²) in [7, 11) is 2.64. The normalized spacial score (nSPS) is 21.6. The lowest BCUT2D eigenvalue weighted by Gasteiger charge is -2.36. The molecule has 6 heteroatoms. The molecule has 2 fully saturated rings. The molecule has 2 aliphatic heterocycles. The SMILES string of the molecule is CC(C)(CC(P)C(=O)N1CCOCC1)C(=O)N1CCCCC1. The van der Waals surface area contributed by atoms with Crippen molar-refractivity contribution >= 4 is 21.1 Å². The average Bonchev–Trinajstić information content (AvgIpc) is 2.54. The van der Waals surface area contributed by atoms with Crippen LogP contribution in [0.1, 0.15) is 39.5 Å². The number of piperidine rings is 1. The highest BCUT2D eigenvalue weighted by atomic mass is 31.0. The van der Waals surface area contributed by atoms with Crippen molar-refractivity contribution in [2.24, 2.45) is 5.41 Å². The zero-order chi connectivity index (χ0) is 16.2. The Morgan fingerprint density at radius 3 is 2.23 bits per heavy atom. The molecule has 0 saturated carbocycles. The molecule has 2 aliphatic rings. The number of carbonyl (C=O) groups excluding carboxylic acids is 2. The summed E-state index contributed by atoms with van der Waals surface area (Å²) in [4.78, 5) is 29.0. The summed E-state index contributed by atoms with van der Waals surface area (Å²) in [6.07, 6.45) is 3.98. The minimum absolute atomic E-state index is 0.118. The van der Waals surface area contributed by atoms with Gasteiger partial charge < -0.3 is 14.5 Å². The number of carbonyl (C=O) groups is 2. The number of rotatable bonds is 4. The Morgan fingerprint density at radius 1 is 1.05 bits per heavy atom. The fourth-order valence-electron chi connectivity index (χ4n) is 3.27. The molecule has 0 N–H and O–H groups in total. The Labute approximate surface area is 135 Å². The molecule has 5 nitrogen and oxygen atoms in total. The fourth-order valence-corrected chi connectivity index (χ4v) is 4.07. The van der Waals surface area contributed by atoms with Gasteiger partial charge in [-0.1, -0.05) is 13.8 Å². The number of hydrogen-bond donors (Lipinski definition) is 0. The number of hydrogen-bond acceptors (Lipinski definition) is 3. The Morgan fingerprint density at radius 2 is 1.64 bits per heavy atom. The smallest absolute Gasteiger partial charge is 0.229 e. The first-order valence-electron chi connectivity index (χ1n) is 8.33. The third-order valence-corrected chi connectivity index (χ3v) is 5.11. The standard InChI is InChI=1S/C16H29N2O3P/c1-16(2,15(20)18-6-4-3-5-7-18)12-13(22)14(19)17-8-10-21-11-9-17/h13H,3-12,22H2,1-2H3. The molecule has 2 amide bonds. The maximum atomic E-state index is 12.7. The molecule has 126 valence electrons. The van der Waals surface area contributed by atoms with Gasteiger partial charge in [-0.2, -0.15) is 0 Å². The predicted molar refractivity (Wildman–Crippen MR) is 89.7 cm³/mol. The second-order valence-electron chi connectivity index (χ2n) is 6.99. The van der Waals surface area contributed by atoms with Crippen molar-refractivity contribution in [3.63, 3.8) is 0 Å². The first-order valence-corrected chi connectivity index (χ1v) is 9.00. The summed E-state index contributed by atoms with van der Waals surface area (Å²) in [6.45, 7) is 8.19. The zero-order valence-electron chi connectivity index (χ0n) is 13.8. The van der Waals surface area contributed by atoms with E-state index >= 15 is 0 Å². The van der Waals surface area contributed by atoms with Gasteiger partial charge >= 0.3 is 0 Å². The minimum atomic E-state index is -0.494. The molecular formula is C16H29N2O3P. The van der Waals surface area contributed by atoms with Crippen LogP contribution in [0.5, 0.6) is 0 Å². The summed E-state index contributed by atoms with van der Waals surface area (Å²) in [6, 6.07) is 0. The van der Waals surface area contributed by atoms with E-state index < -0.39 is 5.41 Å². The van der Waals surface area contributed by atoms with E-state index in [2.05, 4.69) is 9.24 Å². The van der Waals surface area contributed by atoms with Gasteiger partial charge in [-0.05, 0) is 25.7 Å². The Bertz CT molecular complexity index is 402. The van der Waals surface area contributed by atoms with E-state index in [9.17, 15) is 9.59 Å². The molecule has 0 aliphatic carbocycles. The lowest BCUT2D eigenvalue weighted by molar-refractivity contribution is -0.142. The van der Waals surface area contributed by atoms with Gasteiger partial charge in [0.15, 0.2) is 0 Å². The van der Waals surface area contributed by atoms with Gasteiger partial charge in [0.1, 0.15) is 0 Å². The largest absolute Gasteiger partial charge is 0.378 e. The highest BCUT2D eigenvalue weighted by Crippen LogP contribution is 2.30. The van der Waals surface area contributed by atoms with Crippen molar-refractivity contribution in [3.8, 4) is 0 Å². The van der Waals surface area contributed by atoms with E-state index in [-0.39, 0.29) is 17.5 Å². The lowest BCUT2D eigenvalue weighted by atomic mass is 9.85. The van der Waals surface area contributed by atoms with Crippen LogP contribution in [0, 0.1) is 5.41 Å². The molecule has 0 aromatic heterocycles. The maximum Gasteiger partial charge on any atom is 0.229 e. The third-order valence-electron chi connectivity index (χ3n) is 4.59. The second-order valence-corrected chi connectivity index (χ2v) is 7.79. The van der Waals surface area contributed by atoms with Crippen LogP contribution in [0.2, 0.25) is 0 Å². The van der Waals surface area contributed by atoms with Crippen LogP contribution < -0.4 is 0 Å². The number of ether oxygens (including phenoxy) is 1. The van der Waals surface area contributed by atoms with Crippen LogP contribution in [-0.2, 0) is 14.3 Å². The topological polar surface area (TPSA) is 49.9 Å². The zero-order valence-corrected chi connectivity index (χ0v) is 15.0. The van der Waals surface area contributed by atoms with Crippen molar-refractivity contribution in [1.82, 2.24) is 9.80 Å². The van der Waals surface area contributed by atoms with Gasteiger partial charge in [0.25, 0.3) is 0 Å². The van der Waals surface area contributed by atoms with Gasteiger partial charge in [-0.15, -0.1) is 9.24 Å². The van der Waals surface area contributed by atoms with Crippen LogP contribution >= 0.6 is 9.24 Å². The van der Waals surface area contributed by atoms with E-state index in [0.717, 1.165) is 25.9 Å². The third kappa shape index (κ3) is 4.42. The molecular weight excluding hydrogens is 299 g/mol. The van der Waals surface area contributed by atoms with E-state index in [0.29, 0.717) is 32.7 Å². The monoisotopic (exact) mass is 328 g/mol. The summed E-state index contributed by atoms with van der Waals surface area (Å²) in [5.41, 5.74) is -0.701. The van der Waals surface area contributed by atoms with Crippen LogP contribution in [0.15, 0.2) is 0 Å². The van der Waals surface area contributed by atoms with Gasteiger partial charge in [0.05, 0.1) is 18.9 Å². The van der Waals surface area contributed by atoms with Gasteiger partial charge in [0, 0.05) is 31.6 Å². The summed E-state index contributed by atoms with van der Waals surface area (Å²) in [5, 5.41) is 0. The quantitative estimate of drug-likeness (QED) is 0.735. The first-order chi connectivity index (χ1) is 10.4. The first kappa shape index (κ1) is 17.7. The Balaban J connectivity index is 1.91. The Hall–Kier alpha value is -0.670. The van der Waals surface area contributed by atoms with Crippen molar-refractivity contribution in [2.45, 2.75) is 45.2 Å². The molecule has 2 atom stereocenters. The highest BCUT2D eigenvalue weighted by Gasteiger charge is 2.36. The molecule has 0 spiro atoms. The van der Waals surface area contributed by atoms with Crippen LogP contribution in [0.25, 0.3) is 0 Å². The number of nitrogens with zero attached hydrogens (tertiary/aromatic N) is 2. The molecule has 0 aromatic rings. The van der Waals surface area contributed by atoms with Gasteiger partial charge in [-0.25, -0.2) is 0 Å². The molecule has 22 heavy (non-hydrogen) atoms. The highest BCUT2D eigenvalue weighted by molar-refractivity contribution is 7.19. The van der Waals surface area contributed by atoms with Crippen LogP contribution in [-0.4, -0.2) is 66.7 Å². The molecule has 0 aromatic carbocycles. The number of morpholine rings is 1. The molecule has 0 radical (unpaired) electrons. The second kappa shape index (κ2) is 7.74. The molecule has 2 heterocycles. The summed E-state index contributed by atoms with van der Waals surface area (Å²) >= 11 is 0. The minimum Gasteiger partial charge on any atom is -0.378 e. The summed E-state index contributed by atoms with van der Waals surface area (Å²) < 4.78 is 5.29. The van der Waals surface area contributed by atoms with Gasteiger partial charge in [0.2, 0.25) is 11.8 Å². The van der Waals surface area contributed by atoms with Crippen LogP contribution in [0.4, 0.5) is 0 Å². The molecule has 0 bridgehead atoms.